The molecule has 24 heavy (non-hydrogen) atoms. The van der Waals surface area contributed by atoms with E-state index in [9.17, 15) is 19.7 Å². The van der Waals surface area contributed by atoms with Gasteiger partial charge in [-0.3, -0.25) is 10.1 Å². The topological polar surface area (TPSA) is 98.9 Å². The van der Waals surface area contributed by atoms with E-state index >= 15 is 0 Å². The van der Waals surface area contributed by atoms with Gasteiger partial charge in [-0.2, -0.15) is 4.99 Å². The van der Waals surface area contributed by atoms with Gasteiger partial charge in [0, 0.05) is 17.7 Å². The molecule has 0 aliphatic heterocycles. The van der Waals surface area contributed by atoms with E-state index in [0.717, 1.165) is 0 Å². The molecule has 0 N–H and O–H groups in total. The maximum atomic E-state index is 11.6. The summed E-state index contributed by atoms with van der Waals surface area (Å²) in [5.41, 5.74) is 1.10. The molecule has 0 aromatic heterocycles. The Kier molecular flexibility index (Phi) is 5.19. The van der Waals surface area contributed by atoms with E-state index in [-0.39, 0.29) is 16.9 Å². The highest BCUT2D eigenvalue weighted by Gasteiger charge is 2.09. The van der Waals surface area contributed by atoms with Gasteiger partial charge in [-0.25, -0.2) is 9.59 Å². The third-order valence-electron chi connectivity index (χ3n) is 2.98. The lowest BCUT2D eigenvalue weighted by Crippen LogP contribution is -2.01. The van der Waals surface area contributed by atoms with Gasteiger partial charge in [0.2, 0.25) is 6.08 Å². The molecule has 2 rings (SSSR count). The van der Waals surface area contributed by atoms with E-state index in [1.54, 1.807) is 6.07 Å². The molecule has 118 valence electrons. The number of rotatable bonds is 3. The van der Waals surface area contributed by atoms with Crippen molar-refractivity contribution in [3.63, 3.8) is 0 Å². The van der Waals surface area contributed by atoms with Gasteiger partial charge in [-0.15, -0.1) is 0 Å². The quantitative estimate of drug-likeness (QED) is 0.216. The molecule has 7 nitrogen and oxygen atoms in total. The van der Waals surface area contributed by atoms with Crippen molar-refractivity contribution in [3.05, 3.63) is 69.3 Å². The summed E-state index contributed by atoms with van der Waals surface area (Å²) < 4.78 is 4.63. The molecule has 0 spiro atoms. The lowest BCUT2D eigenvalue weighted by atomic mass is 10.1. The number of non-ortho nitro benzene ring substituents is 1. The summed E-state index contributed by atoms with van der Waals surface area (Å²) in [6.45, 7) is 0. The highest BCUT2D eigenvalue weighted by molar-refractivity contribution is 5.90. The molecule has 0 aliphatic carbocycles. The minimum Gasteiger partial charge on any atom is -0.465 e. The molecule has 0 amide bonds. The van der Waals surface area contributed by atoms with Crippen molar-refractivity contribution >= 4 is 23.4 Å². The van der Waals surface area contributed by atoms with Crippen LogP contribution < -0.4 is 0 Å². The van der Waals surface area contributed by atoms with Crippen LogP contribution in [0.1, 0.15) is 21.5 Å². The smallest absolute Gasteiger partial charge is 0.337 e. The van der Waals surface area contributed by atoms with Crippen molar-refractivity contribution in [1.29, 1.82) is 0 Å². The number of hydrogen-bond donors (Lipinski definition) is 0. The van der Waals surface area contributed by atoms with Gasteiger partial charge in [-0.1, -0.05) is 17.9 Å². The second kappa shape index (κ2) is 7.49. The fourth-order valence-electron chi connectivity index (χ4n) is 1.86. The lowest BCUT2D eigenvalue weighted by molar-refractivity contribution is -0.384. The highest BCUT2D eigenvalue weighted by atomic mass is 16.6. The zero-order valence-electron chi connectivity index (χ0n) is 12.5. The van der Waals surface area contributed by atoms with Crippen LogP contribution in [0.2, 0.25) is 0 Å². The van der Waals surface area contributed by atoms with Crippen LogP contribution in [0.3, 0.4) is 0 Å². The highest BCUT2D eigenvalue weighted by Crippen LogP contribution is 2.20. The van der Waals surface area contributed by atoms with Crippen molar-refractivity contribution in [2.24, 2.45) is 4.99 Å². The molecular weight excluding hydrogens is 312 g/mol. The van der Waals surface area contributed by atoms with Crippen LogP contribution in [0.5, 0.6) is 0 Å². The number of benzene rings is 2. The minimum absolute atomic E-state index is 0.0868. The third kappa shape index (κ3) is 3.91. The predicted molar refractivity (Wildman–Crippen MR) is 84.6 cm³/mol. The van der Waals surface area contributed by atoms with Crippen molar-refractivity contribution < 1.29 is 19.2 Å². The van der Waals surface area contributed by atoms with E-state index in [2.05, 4.69) is 21.6 Å². The van der Waals surface area contributed by atoms with Gasteiger partial charge in [-0.05, 0) is 24.3 Å². The number of aliphatic imine (C=N–C) groups is 1. The first-order chi connectivity index (χ1) is 11.5. The standard InChI is InChI=1S/C17H10N2O5/c1-24-17(21)14-7-8-16(18-11-20)13(10-14)6-5-12-3-2-4-15(9-12)19(22)23/h2-4,7-10H,1H3. The van der Waals surface area contributed by atoms with Gasteiger partial charge < -0.3 is 4.74 Å². The number of nitro benzene ring substituents is 1. The Bertz CT molecular complexity index is 918. The molecular formula is C17H10N2O5. The minimum atomic E-state index is -0.560. The first-order valence-corrected chi connectivity index (χ1v) is 6.62. The van der Waals surface area contributed by atoms with Gasteiger partial charge in [0.05, 0.1) is 28.8 Å². The van der Waals surface area contributed by atoms with Gasteiger partial charge in [0.1, 0.15) is 0 Å². The van der Waals surface area contributed by atoms with E-state index in [1.807, 2.05) is 0 Å². The Labute approximate surface area is 136 Å². The molecule has 0 unspecified atom stereocenters. The lowest BCUT2D eigenvalue weighted by Gasteiger charge is -2.01. The average molecular weight is 322 g/mol. The van der Waals surface area contributed by atoms with Crippen LogP contribution in [0.25, 0.3) is 0 Å². The second-order valence-corrected chi connectivity index (χ2v) is 4.48. The van der Waals surface area contributed by atoms with Crippen LogP contribution in [0.4, 0.5) is 11.4 Å². The van der Waals surface area contributed by atoms with Crippen LogP contribution in [0.15, 0.2) is 47.5 Å². The number of methoxy groups -OCH3 is 1. The van der Waals surface area contributed by atoms with Crippen molar-refractivity contribution in [3.8, 4) is 11.8 Å². The van der Waals surface area contributed by atoms with Crippen molar-refractivity contribution in [2.45, 2.75) is 0 Å². The van der Waals surface area contributed by atoms with Crippen molar-refractivity contribution in [2.75, 3.05) is 7.11 Å². The molecule has 0 saturated heterocycles. The summed E-state index contributed by atoms with van der Waals surface area (Å²) in [4.78, 5) is 35.8. The Morgan fingerprint density at radius 3 is 2.67 bits per heavy atom. The molecule has 0 heterocycles. The number of hydrogen-bond acceptors (Lipinski definition) is 6. The molecule has 2 aromatic rings. The van der Waals surface area contributed by atoms with Gasteiger partial charge in [0.25, 0.3) is 5.69 Å². The Balaban J connectivity index is 2.48. The fourth-order valence-corrected chi connectivity index (χ4v) is 1.86. The zero-order chi connectivity index (χ0) is 17.5. The number of esters is 1. The largest absolute Gasteiger partial charge is 0.465 e. The number of ether oxygens (including phenoxy) is 1. The zero-order valence-corrected chi connectivity index (χ0v) is 12.5. The number of isocyanates is 1. The Morgan fingerprint density at radius 2 is 2.00 bits per heavy atom. The maximum absolute atomic E-state index is 11.6. The maximum Gasteiger partial charge on any atom is 0.337 e. The molecule has 2 aromatic carbocycles. The van der Waals surface area contributed by atoms with E-state index in [1.165, 1.54) is 49.6 Å². The summed E-state index contributed by atoms with van der Waals surface area (Å²) in [5.74, 6) is 4.93. The summed E-state index contributed by atoms with van der Waals surface area (Å²) in [5, 5.41) is 10.8. The number of nitro groups is 1. The fraction of sp³-hybridized carbons (Fsp3) is 0.0588. The summed E-state index contributed by atoms with van der Waals surface area (Å²) >= 11 is 0. The van der Waals surface area contributed by atoms with Gasteiger partial charge in [0.15, 0.2) is 0 Å². The number of carbonyl (C=O) groups excluding carboxylic acids is 2. The normalized spacial score (nSPS) is 9.21. The molecule has 0 aliphatic rings. The first-order valence-electron chi connectivity index (χ1n) is 6.62. The summed E-state index contributed by atoms with van der Waals surface area (Å²) in [6, 6.07) is 10.1. The number of carbonyl (C=O) groups is 1. The predicted octanol–water partition coefficient (Wildman–Crippen LogP) is 2.75. The summed E-state index contributed by atoms with van der Waals surface area (Å²) in [6.07, 6.45) is 1.41. The third-order valence-corrected chi connectivity index (χ3v) is 2.98. The van der Waals surface area contributed by atoms with E-state index < -0.39 is 10.9 Å². The Hall–Kier alpha value is -3.75. The molecule has 0 atom stereocenters. The second-order valence-electron chi connectivity index (χ2n) is 4.48. The summed E-state index contributed by atoms with van der Waals surface area (Å²) in [7, 11) is 1.24. The van der Waals surface area contributed by atoms with Gasteiger partial charge >= 0.3 is 5.97 Å². The van der Waals surface area contributed by atoms with Crippen LogP contribution in [0, 0.1) is 22.0 Å². The first kappa shape index (κ1) is 16.6. The van der Waals surface area contributed by atoms with Crippen LogP contribution in [-0.4, -0.2) is 24.1 Å². The SMILES string of the molecule is COC(=O)c1ccc(N=C=O)c(C#Cc2cccc([N+](=O)[O-])c2)c1. The molecule has 0 bridgehead atoms. The number of nitrogens with zero attached hydrogens (tertiary/aromatic N) is 2. The molecule has 7 heteroatoms. The molecule has 0 fully saturated rings. The average Bonchev–Trinajstić information content (AvgIpc) is 2.60. The monoisotopic (exact) mass is 322 g/mol. The van der Waals surface area contributed by atoms with Crippen molar-refractivity contribution in [1.82, 2.24) is 0 Å². The Morgan fingerprint density at radius 1 is 1.21 bits per heavy atom. The molecule has 0 saturated carbocycles. The van der Waals surface area contributed by atoms with E-state index in [4.69, 9.17) is 0 Å². The van der Waals surface area contributed by atoms with Crippen LogP contribution in [-0.2, 0) is 9.53 Å². The molecule has 0 radical (unpaired) electrons. The van der Waals surface area contributed by atoms with E-state index in [0.29, 0.717) is 11.1 Å². The van der Waals surface area contributed by atoms with Crippen LogP contribution >= 0.6 is 0 Å².